The number of fused-ring (bicyclic) bond motifs is 2. The first-order chi connectivity index (χ1) is 10.8. The lowest BCUT2D eigenvalue weighted by molar-refractivity contribution is 0.0914. The molecule has 0 radical (unpaired) electrons. The predicted octanol–water partition coefficient (Wildman–Crippen LogP) is 2.95. The van der Waals surface area contributed by atoms with Crippen LogP contribution in [0.5, 0.6) is 0 Å². The molecule has 4 nitrogen and oxygen atoms in total. The number of nitrogens with one attached hydrogen (secondary N) is 1. The normalized spacial score (nSPS) is 27.9. The molecule has 2 aliphatic rings. The standard InChI is InChI=1S/C18H25NO3S/c1-11-4-7-15(23(3,21)22)10-16(11)18(20)19-12(2)17-9-13-5-6-14(17)8-13/h4,7,10,12-14,17H,5-6,8-9H2,1-3H3,(H,19,20)/t12-,13+,14+,17+/m1/s1. The van der Waals surface area contributed by atoms with Crippen molar-refractivity contribution in [3.8, 4) is 0 Å². The van der Waals surface area contributed by atoms with Gasteiger partial charge in [0.1, 0.15) is 0 Å². The minimum Gasteiger partial charge on any atom is -0.349 e. The molecule has 5 heteroatoms. The van der Waals surface area contributed by atoms with Crippen molar-refractivity contribution < 1.29 is 13.2 Å². The topological polar surface area (TPSA) is 63.2 Å². The summed E-state index contributed by atoms with van der Waals surface area (Å²) in [5.74, 6) is 2.00. The Hall–Kier alpha value is -1.36. The van der Waals surface area contributed by atoms with E-state index in [4.69, 9.17) is 0 Å². The fourth-order valence-corrected chi connectivity index (χ4v) is 5.02. The van der Waals surface area contributed by atoms with Crippen LogP contribution in [-0.2, 0) is 9.84 Å². The Bertz CT molecular complexity index is 726. The summed E-state index contributed by atoms with van der Waals surface area (Å²) in [6.07, 6.45) is 6.33. The number of hydrogen-bond acceptors (Lipinski definition) is 3. The fourth-order valence-electron chi connectivity index (χ4n) is 4.37. The lowest BCUT2D eigenvalue weighted by Crippen LogP contribution is -2.40. The molecule has 126 valence electrons. The van der Waals surface area contributed by atoms with E-state index in [2.05, 4.69) is 12.2 Å². The Balaban J connectivity index is 1.75. The third-order valence-corrected chi connectivity index (χ3v) is 6.79. The van der Waals surface area contributed by atoms with E-state index >= 15 is 0 Å². The van der Waals surface area contributed by atoms with E-state index in [9.17, 15) is 13.2 Å². The van der Waals surface area contributed by atoms with Gasteiger partial charge in [0.2, 0.25) is 0 Å². The smallest absolute Gasteiger partial charge is 0.251 e. The van der Waals surface area contributed by atoms with Crippen LogP contribution in [0.2, 0.25) is 0 Å². The molecule has 0 unspecified atom stereocenters. The lowest BCUT2D eigenvalue weighted by atomic mass is 9.84. The van der Waals surface area contributed by atoms with Gasteiger partial charge in [-0.25, -0.2) is 8.42 Å². The van der Waals surface area contributed by atoms with Crippen molar-refractivity contribution in [1.82, 2.24) is 5.32 Å². The van der Waals surface area contributed by atoms with Gasteiger partial charge in [0.25, 0.3) is 5.91 Å². The van der Waals surface area contributed by atoms with Crippen LogP contribution in [-0.4, -0.2) is 26.6 Å². The summed E-state index contributed by atoms with van der Waals surface area (Å²) in [7, 11) is -3.31. The Morgan fingerprint density at radius 3 is 2.57 bits per heavy atom. The van der Waals surface area contributed by atoms with Crippen molar-refractivity contribution >= 4 is 15.7 Å². The van der Waals surface area contributed by atoms with Gasteiger partial charge in [0, 0.05) is 17.9 Å². The van der Waals surface area contributed by atoms with Gasteiger partial charge in [-0.3, -0.25) is 4.79 Å². The van der Waals surface area contributed by atoms with Crippen molar-refractivity contribution in [2.24, 2.45) is 17.8 Å². The Morgan fingerprint density at radius 1 is 1.26 bits per heavy atom. The highest BCUT2D eigenvalue weighted by atomic mass is 32.2. The summed E-state index contributed by atoms with van der Waals surface area (Å²) < 4.78 is 23.4. The zero-order valence-electron chi connectivity index (χ0n) is 14.0. The molecule has 1 amide bonds. The number of hydrogen-bond donors (Lipinski definition) is 1. The number of aryl methyl sites for hydroxylation is 1. The van der Waals surface area contributed by atoms with Crippen LogP contribution < -0.4 is 5.32 Å². The van der Waals surface area contributed by atoms with Crippen molar-refractivity contribution in [3.05, 3.63) is 29.3 Å². The van der Waals surface area contributed by atoms with Crippen LogP contribution in [0.3, 0.4) is 0 Å². The highest BCUT2D eigenvalue weighted by Gasteiger charge is 2.42. The monoisotopic (exact) mass is 335 g/mol. The van der Waals surface area contributed by atoms with E-state index in [-0.39, 0.29) is 16.8 Å². The number of carbonyl (C=O) groups excluding carboxylic acids is 1. The maximum atomic E-state index is 12.6. The zero-order chi connectivity index (χ0) is 16.8. The predicted molar refractivity (Wildman–Crippen MR) is 90.2 cm³/mol. The van der Waals surface area contributed by atoms with Crippen molar-refractivity contribution in [2.45, 2.75) is 50.5 Å². The van der Waals surface area contributed by atoms with Crippen LogP contribution in [0.1, 0.15) is 48.5 Å². The van der Waals surface area contributed by atoms with Crippen LogP contribution in [0.25, 0.3) is 0 Å². The maximum absolute atomic E-state index is 12.6. The van der Waals surface area contributed by atoms with Gasteiger partial charge in [-0.05, 0) is 68.6 Å². The number of amides is 1. The first-order valence-electron chi connectivity index (χ1n) is 8.37. The van der Waals surface area contributed by atoms with Crippen LogP contribution in [0, 0.1) is 24.7 Å². The van der Waals surface area contributed by atoms with Gasteiger partial charge in [-0.15, -0.1) is 0 Å². The summed E-state index contributed by atoms with van der Waals surface area (Å²) >= 11 is 0. The van der Waals surface area contributed by atoms with E-state index in [1.54, 1.807) is 12.1 Å². The Kier molecular flexibility index (Phi) is 4.25. The molecular formula is C18H25NO3S. The molecule has 1 aromatic rings. The third-order valence-electron chi connectivity index (χ3n) is 5.68. The van der Waals surface area contributed by atoms with Crippen molar-refractivity contribution in [2.75, 3.05) is 6.26 Å². The van der Waals surface area contributed by atoms with Gasteiger partial charge in [0.05, 0.1) is 4.90 Å². The van der Waals surface area contributed by atoms with E-state index in [0.29, 0.717) is 11.5 Å². The number of rotatable bonds is 4. The molecule has 2 aliphatic carbocycles. The second-order valence-corrected chi connectivity index (χ2v) is 9.37. The SMILES string of the molecule is Cc1ccc(S(C)(=O)=O)cc1C(=O)N[C@H](C)[C@@H]1C[C@H]2CC[C@H]1C2. The van der Waals surface area contributed by atoms with Gasteiger partial charge in [-0.1, -0.05) is 12.5 Å². The molecule has 3 rings (SSSR count). The average Bonchev–Trinajstić information content (AvgIpc) is 3.08. The molecule has 23 heavy (non-hydrogen) atoms. The Labute approximate surface area is 138 Å². The maximum Gasteiger partial charge on any atom is 0.251 e. The quantitative estimate of drug-likeness (QED) is 0.920. The first kappa shape index (κ1) is 16.5. The number of sulfone groups is 1. The minimum absolute atomic E-state index is 0.138. The van der Waals surface area contributed by atoms with E-state index < -0.39 is 9.84 Å². The molecule has 4 atom stereocenters. The zero-order valence-corrected chi connectivity index (χ0v) is 14.8. The van der Waals surface area contributed by atoms with Crippen molar-refractivity contribution in [1.29, 1.82) is 0 Å². The molecule has 2 fully saturated rings. The molecule has 0 aromatic heterocycles. The van der Waals surface area contributed by atoms with E-state index in [1.807, 2.05) is 6.92 Å². The van der Waals surface area contributed by atoms with E-state index in [0.717, 1.165) is 23.7 Å². The van der Waals surface area contributed by atoms with Gasteiger partial charge in [0.15, 0.2) is 9.84 Å². The summed E-state index contributed by atoms with van der Waals surface area (Å²) in [5, 5.41) is 3.11. The van der Waals surface area contributed by atoms with Crippen LogP contribution in [0.4, 0.5) is 0 Å². The first-order valence-corrected chi connectivity index (χ1v) is 10.3. The second kappa shape index (κ2) is 5.93. The highest BCUT2D eigenvalue weighted by molar-refractivity contribution is 7.90. The lowest BCUT2D eigenvalue weighted by Gasteiger charge is -2.28. The fraction of sp³-hybridized carbons (Fsp3) is 0.611. The molecule has 2 bridgehead atoms. The third kappa shape index (κ3) is 3.30. The van der Waals surface area contributed by atoms with Gasteiger partial charge in [-0.2, -0.15) is 0 Å². The Morgan fingerprint density at radius 2 is 2.00 bits per heavy atom. The van der Waals surface area contributed by atoms with Crippen LogP contribution in [0.15, 0.2) is 23.1 Å². The number of carbonyl (C=O) groups is 1. The summed E-state index contributed by atoms with van der Waals surface area (Å²) in [4.78, 5) is 12.8. The van der Waals surface area contributed by atoms with Gasteiger partial charge >= 0.3 is 0 Å². The summed E-state index contributed by atoms with van der Waals surface area (Å²) in [5.41, 5.74) is 1.26. The molecule has 2 saturated carbocycles. The summed E-state index contributed by atoms with van der Waals surface area (Å²) in [6, 6.07) is 4.89. The number of benzene rings is 1. The van der Waals surface area contributed by atoms with Gasteiger partial charge < -0.3 is 5.32 Å². The van der Waals surface area contributed by atoms with Crippen LogP contribution >= 0.6 is 0 Å². The molecule has 1 N–H and O–H groups in total. The largest absolute Gasteiger partial charge is 0.349 e. The average molecular weight is 335 g/mol. The highest BCUT2D eigenvalue weighted by Crippen LogP contribution is 2.49. The molecule has 0 spiro atoms. The second-order valence-electron chi connectivity index (χ2n) is 7.35. The molecule has 0 aliphatic heterocycles. The summed E-state index contributed by atoms with van der Waals surface area (Å²) in [6.45, 7) is 3.92. The minimum atomic E-state index is -3.31. The van der Waals surface area contributed by atoms with Crippen molar-refractivity contribution in [3.63, 3.8) is 0 Å². The molecule has 0 saturated heterocycles. The molecular weight excluding hydrogens is 310 g/mol. The molecule has 0 heterocycles. The van der Waals surface area contributed by atoms with E-state index in [1.165, 1.54) is 31.7 Å². The molecule has 1 aromatic carbocycles.